The minimum Gasteiger partial charge on any atom is -0.480 e. The van der Waals surface area contributed by atoms with Gasteiger partial charge in [-0.2, -0.15) is 0 Å². The number of carboxylic acids is 1. The van der Waals surface area contributed by atoms with Crippen LogP contribution in [0, 0.1) is 0 Å². The third-order valence-electron chi connectivity index (χ3n) is 4.09. The number of carbonyl (C=O) groups is 2. The van der Waals surface area contributed by atoms with Gasteiger partial charge in [-0.15, -0.1) is 0 Å². The molecular formula is C19H21F2N3O3. The Morgan fingerprint density at radius 2 is 1.74 bits per heavy atom. The van der Waals surface area contributed by atoms with Crippen LogP contribution in [0.5, 0.6) is 0 Å². The fourth-order valence-electron chi connectivity index (χ4n) is 2.58. The number of hydrogen-bond acceptors (Lipinski definition) is 3. The van der Waals surface area contributed by atoms with Crippen molar-refractivity contribution in [3.8, 4) is 0 Å². The molecule has 2 amide bonds. The lowest BCUT2D eigenvalue weighted by Gasteiger charge is -2.19. The first-order valence-electron chi connectivity index (χ1n) is 8.46. The largest absolute Gasteiger partial charge is 0.480 e. The van der Waals surface area contributed by atoms with Crippen molar-refractivity contribution < 1.29 is 23.5 Å². The monoisotopic (exact) mass is 377 g/mol. The molecule has 0 aliphatic rings. The second-order valence-corrected chi connectivity index (χ2v) is 5.99. The molecule has 144 valence electrons. The highest BCUT2D eigenvalue weighted by Crippen LogP contribution is 2.22. The van der Waals surface area contributed by atoms with E-state index in [1.807, 2.05) is 0 Å². The number of aromatic nitrogens is 1. The number of rotatable bonds is 9. The van der Waals surface area contributed by atoms with E-state index in [0.717, 1.165) is 5.56 Å². The molecular weight excluding hydrogens is 356 g/mol. The average molecular weight is 377 g/mol. The maximum Gasteiger partial charge on any atom is 0.326 e. The molecule has 0 aliphatic heterocycles. The minimum atomic E-state index is -2.66. The zero-order chi connectivity index (χ0) is 19.6. The smallest absolute Gasteiger partial charge is 0.326 e. The molecule has 0 saturated heterocycles. The van der Waals surface area contributed by atoms with E-state index in [4.69, 9.17) is 0 Å². The highest BCUT2D eigenvalue weighted by atomic mass is 19.3. The zero-order valence-electron chi connectivity index (χ0n) is 14.5. The lowest BCUT2D eigenvalue weighted by Crippen LogP contribution is -2.47. The number of alkyl halides is 2. The van der Waals surface area contributed by atoms with Crippen LogP contribution in [0.2, 0.25) is 0 Å². The Morgan fingerprint density at radius 3 is 2.33 bits per heavy atom. The average Bonchev–Trinajstić information content (AvgIpc) is 2.66. The van der Waals surface area contributed by atoms with Crippen molar-refractivity contribution in [2.24, 2.45) is 0 Å². The van der Waals surface area contributed by atoms with E-state index in [1.165, 1.54) is 0 Å². The van der Waals surface area contributed by atoms with Crippen LogP contribution in [0.3, 0.4) is 0 Å². The first kappa shape index (κ1) is 20.3. The fraction of sp³-hybridized carbons (Fsp3) is 0.316. The van der Waals surface area contributed by atoms with Crippen LogP contribution in [0.1, 0.15) is 23.5 Å². The molecule has 0 aliphatic carbocycles. The summed E-state index contributed by atoms with van der Waals surface area (Å²) >= 11 is 0. The van der Waals surface area contributed by atoms with Gasteiger partial charge in [0.2, 0.25) is 6.43 Å². The Labute approximate surface area is 155 Å². The molecule has 2 unspecified atom stereocenters. The Hall–Kier alpha value is -3.03. The number of carboxylic acid groups (broad SMARTS) is 1. The Morgan fingerprint density at radius 1 is 1.07 bits per heavy atom. The van der Waals surface area contributed by atoms with Crippen LogP contribution in [-0.4, -0.2) is 41.1 Å². The van der Waals surface area contributed by atoms with E-state index < -0.39 is 30.4 Å². The third kappa shape index (κ3) is 6.65. The molecule has 8 heteroatoms. The standard InChI is InChI=1S/C19H21F2N3O3/c20-17(21)15(14-4-2-1-3-5-14)12-23-19(27)24-16(18(25)26)7-6-13-8-10-22-11-9-13/h1-5,8-11,15-17H,6-7,12H2,(H,25,26)(H2,23,24,27). The third-order valence-corrected chi connectivity index (χ3v) is 4.09. The van der Waals surface area contributed by atoms with Crippen LogP contribution < -0.4 is 10.6 Å². The summed E-state index contributed by atoms with van der Waals surface area (Å²) < 4.78 is 26.5. The Balaban J connectivity index is 1.88. The van der Waals surface area contributed by atoms with Gasteiger partial charge in [0.05, 0.1) is 5.92 Å². The summed E-state index contributed by atoms with van der Waals surface area (Å²) in [6, 6.07) is 9.72. The normalized spacial score (nSPS) is 13.0. The number of urea groups is 1. The van der Waals surface area contributed by atoms with E-state index in [9.17, 15) is 23.5 Å². The molecule has 2 aromatic rings. The number of carbonyl (C=O) groups excluding carboxylic acids is 1. The van der Waals surface area contributed by atoms with Gasteiger partial charge in [0.25, 0.3) is 0 Å². The summed E-state index contributed by atoms with van der Waals surface area (Å²) in [6.07, 6.45) is 1.14. The molecule has 1 aromatic heterocycles. The molecule has 0 radical (unpaired) electrons. The molecule has 0 fully saturated rings. The summed E-state index contributed by atoms with van der Waals surface area (Å²) in [4.78, 5) is 27.2. The fourth-order valence-corrected chi connectivity index (χ4v) is 2.58. The number of pyridine rings is 1. The predicted molar refractivity (Wildman–Crippen MR) is 95.7 cm³/mol. The van der Waals surface area contributed by atoms with Crippen molar-refractivity contribution in [1.29, 1.82) is 0 Å². The van der Waals surface area contributed by atoms with Crippen LogP contribution in [-0.2, 0) is 11.2 Å². The van der Waals surface area contributed by atoms with Crippen LogP contribution >= 0.6 is 0 Å². The molecule has 0 bridgehead atoms. The molecule has 2 rings (SSSR count). The second kappa shape index (κ2) is 10.2. The van der Waals surface area contributed by atoms with Gasteiger partial charge < -0.3 is 15.7 Å². The maximum absolute atomic E-state index is 13.3. The quantitative estimate of drug-likeness (QED) is 0.627. The van der Waals surface area contributed by atoms with Gasteiger partial charge in [0, 0.05) is 18.9 Å². The van der Waals surface area contributed by atoms with Crippen molar-refractivity contribution in [2.75, 3.05) is 6.54 Å². The molecule has 1 heterocycles. The zero-order valence-corrected chi connectivity index (χ0v) is 14.5. The molecule has 0 saturated carbocycles. The van der Waals surface area contributed by atoms with Gasteiger partial charge in [-0.3, -0.25) is 4.98 Å². The summed E-state index contributed by atoms with van der Waals surface area (Å²) in [7, 11) is 0. The van der Waals surface area contributed by atoms with E-state index in [2.05, 4.69) is 15.6 Å². The highest BCUT2D eigenvalue weighted by molar-refractivity contribution is 5.82. The summed E-state index contributed by atoms with van der Waals surface area (Å²) in [6.45, 7) is -0.301. The first-order valence-corrected chi connectivity index (χ1v) is 8.46. The summed E-state index contributed by atoms with van der Waals surface area (Å²) in [5.41, 5.74) is 1.29. The highest BCUT2D eigenvalue weighted by Gasteiger charge is 2.24. The van der Waals surface area contributed by atoms with Crippen LogP contribution in [0.25, 0.3) is 0 Å². The SMILES string of the molecule is O=C(NCC(c1ccccc1)C(F)F)NC(CCc1ccncc1)C(=O)O. The van der Waals surface area contributed by atoms with Gasteiger partial charge in [0.1, 0.15) is 6.04 Å². The Bertz CT molecular complexity index is 729. The second-order valence-electron chi connectivity index (χ2n) is 5.99. The molecule has 0 spiro atoms. The number of hydrogen-bond donors (Lipinski definition) is 3. The topological polar surface area (TPSA) is 91.3 Å². The van der Waals surface area contributed by atoms with Crippen LogP contribution in [0.4, 0.5) is 13.6 Å². The van der Waals surface area contributed by atoms with Crippen molar-refractivity contribution in [2.45, 2.75) is 31.2 Å². The van der Waals surface area contributed by atoms with Gasteiger partial charge in [-0.05, 0) is 36.1 Å². The maximum atomic E-state index is 13.3. The van der Waals surface area contributed by atoms with E-state index in [0.29, 0.717) is 12.0 Å². The number of benzene rings is 1. The number of nitrogens with one attached hydrogen (secondary N) is 2. The van der Waals surface area contributed by atoms with E-state index in [-0.39, 0.29) is 13.0 Å². The van der Waals surface area contributed by atoms with Crippen molar-refractivity contribution >= 4 is 12.0 Å². The molecule has 6 nitrogen and oxygen atoms in total. The lowest BCUT2D eigenvalue weighted by molar-refractivity contribution is -0.139. The number of halogens is 2. The van der Waals surface area contributed by atoms with Crippen molar-refractivity contribution in [1.82, 2.24) is 15.6 Å². The summed E-state index contributed by atoms with van der Waals surface area (Å²) in [5.74, 6) is -2.36. The van der Waals surface area contributed by atoms with Gasteiger partial charge in [-0.25, -0.2) is 18.4 Å². The van der Waals surface area contributed by atoms with E-state index >= 15 is 0 Å². The molecule has 2 atom stereocenters. The number of nitrogens with zero attached hydrogens (tertiary/aromatic N) is 1. The minimum absolute atomic E-state index is 0.170. The molecule has 27 heavy (non-hydrogen) atoms. The number of aryl methyl sites for hydroxylation is 1. The van der Waals surface area contributed by atoms with Crippen molar-refractivity contribution in [3.63, 3.8) is 0 Å². The Kier molecular flexibility index (Phi) is 7.66. The lowest BCUT2D eigenvalue weighted by atomic mass is 10.00. The summed E-state index contributed by atoms with van der Waals surface area (Å²) in [5, 5.41) is 13.9. The van der Waals surface area contributed by atoms with Gasteiger partial charge in [0.15, 0.2) is 0 Å². The molecule has 3 N–H and O–H groups in total. The van der Waals surface area contributed by atoms with Crippen molar-refractivity contribution in [3.05, 3.63) is 66.0 Å². The first-order chi connectivity index (χ1) is 13.0. The van der Waals surface area contributed by atoms with E-state index in [1.54, 1.807) is 54.9 Å². The molecule has 1 aromatic carbocycles. The number of amides is 2. The van der Waals surface area contributed by atoms with Gasteiger partial charge in [-0.1, -0.05) is 30.3 Å². The predicted octanol–water partition coefficient (Wildman–Crippen LogP) is 2.82. The number of aliphatic carboxylic acids is 1. The van der Waals surface area contributed by atoms with Crippen LogP contribution in [0.15, 0.2) is 54.9 Å². The van der Waals surface area contributed by atoms with Gasteiger partial charge >= 0.3 is 12.0 Å².